The lowest BCUT2D eigenvalue weighted by Crippen LogP contribution is -2.61. The van der Waals surface area contributed by atoms with Crippen molar-refractivity contribution >= 4 is 10.0 Å². The predicted octanol–water partition coefficient (Wildman–Crippen LogP) is 2.71. The molecule has 2 heterocycles. The van der Waals surface area contributed by atoms with Crippen molar-refractivity contribution in [2.45, 2.75) is 68.6 Å². The fraction of sp³-hybridized carbons (Fsp3) is 1.00. The van der Waals surface area contributed by atoms with Gasteiger partial charge in [0.1, 0.15) is 5.60 Å². The Morgan fingerprint density at radius 1 is 1.16 bits per heavy atom. The molecule has 3 fully saturated rings. The van der Waals surface area contributed by atoms with Gasteiger partial charge in [-0.15, -0.1) is 0 Å². The quantitative estimate of drug-likeness (QED) is 0.733. The molecule has 9 heteroatoms. The van der Waals surface area contributed by atoms with Gasteiger partial charge in [-0.05, 0) is 45.4 Å². The average Bonchev–Trinajstić information content (AvgIpc) is 2.54. The summed E-state index contributed by atoms with van der Waals surface area (Å²) >= 11 is 0. The summed E-state index contributed by atoms with van der Waals surface area (Å²) in [7, 11) is -3.63. The number of alkyl halides is 3. The summed E-state index contributed by atoms with van der Waals surface area (Å²) in [4.78, 5) is 0. The molecule has 0 aromatic rings. The SMILES string of the molecule is C[C@H]1CN(S(=O)(=O)C2CCC(C(F)(F)F)CC2)C[C@]2(CCCOC2)O1. The maximum absolute atomic E-state index is 13.0. The van der Waals surface area contributed by atoms with Crippen molar-refractivity contribution in [3.05, 3.63) is 0 Å². The van der Waals surface area contributed by atoms with Crippen LogP contribution in [-0.2, 0) is 19.5 Å². The van der Waals surface area contributed by atoms with Gasteiger partial charge < -0.3 is 9.47 Å². The number of hydrogen-bond donors (Lipinski definition) is 0. The van der Waals surface area contributed by atoms with Crippen LogP contribution in [0.2, 0.25) is 0 Å². The van der Waals surface area contributed by atoms with Crippen LogP contribution in [-0.4, -0.2) is 62.2 Å². The van der Waals surface area contributed by atoms with Gasteiger partial charge in [0.15, 0.2) is 0 Å². The number of halogens is 3. The second kappa shape index (κ2) is 6.98. The van der Waals surface area contributed by atoms with Gasteiger partial charge in [-0.2, -0.15) is 17.5 Å². The first-order valence-corrected chi connectivity index (χ1v) is 10.4. The largest absolute Gasteiger partial charge is 0.391 e. The number of sulfonamides is 1. The van der Waals surface area contributed by atoms with E-state index in [0.29, 0.717) is 13.2 Å². The zero-order chi connectivity index (χ0) is 18.3. The Morgan fingerprint density at radius 3 is 2.40 bits per heavy atom. The highest BCUT2D eigenvalue weighted by molar-refractivity contribution is 7.89. The Kier molecular flexibility index (Phi) is 5.41. The number of nitrogens with zero attached hydrogens (tertiary/aromatic N) is 1. The van der Waals surface area contributed by atoms with E-state index in [2.05, 4.69) is 0 Å². The topological polar surface area (TPSA) is 55.8 Å². The van der Waals surface area contributed by atoms with Crippen molar-refractivity contribution in [3.8, 4) is 0 Å². The number of hydrogen-bond acceptors (Lipinski definition) is 4. The van der Waals surface area contributed by atoms with Gasteiger partial charge in [0.25, 0.3) is 0 Å². The Hall–Kier alpha value is -0.380. The highest BCUT2D eigenvalue weighted by Gasteiger charge is 2.48. The third-order valence-electron chi connectivity index (χ3n) is 5.58. The summed E-state index contributed by atoms with van der Waals surface area (Å²) in [5, 5.41) is -0.724. The van der Waals surface area contributed by atoms with E-state index in [-0.39, 0.29) is 44.9 Å². The molecule has 3 aliphatic rings. The monoisotopic (exact) mass is 385 g/mol. The molecule has 2 aliphatic heterocycles. The molecule has 0 amide bonds. The lowest BCUT2D eigenvalue weighted by atomic mass is 9.88. The van der Waals surface area contributed by atoms with Gasteiger partial charge in [0.05, 0.1) is 23.9 Å². The normalized spacial score (nSPS) is 38.8. The Bertz CT molecular complexity index is 566. The third kappa shape index (κ3) is 4.14. The summed E-state index contributed by atoms with van der Waals surface area (Å²) < 4.78 is 77.4. The van der Waals surface area contributed by atoms with Crippen LogP contribution in [0.5, 0.6) is 0 Å². The van der Waals surface area contributed by atoms with Crippen molar-refractivity contribution in [1.29, 1.82) is 0 Å². The molecule has 5 nitrogen and oxygen atoms in total. The summed E-state index contributed by atoms with van der Waals surface area (Å²) in [6.45, 7) is 3.33. The van der Waals surface area contributed by atoms with E-state index in [1.54, 1.807) is 0 Å². The third-order valence-corrected chi connectivity index (χ3v) is 7.89. The maximum Gasteiger partial charge on any atom is 0.391 e. The van der Waals surface area contributed by atoms with Crippen LogP contribution in [0.15, 0.2) is 0 Å². The summed E-state index contributed by atoms with van der Waals surface area (Å²) in [5.41, 5.74) is -0.619. The molecule has 25 heavy (non-hydrogen) atoms. The molecule has 146 valence electrons. The van der Waals surface area contributed by atoms with Gasteiger partial charge in [-0.25, -0.2) is 8.42 Å². The van der Waals surface area contributed by atoms with Crippen LogP contribution < -0.4 is 0 Å². The Balaban J connectivity index is 1.69. The number of morpholine rings is 1. The highest BCUT2D eigenvalue weighted by atomic mass is 32.2. The van der Waals surface area contributed by atoms with E-state index >= 15 is 0 Å². The minimum absolute atomic E-state index is 0.0712. The zero-order valence-corrected chi connectivity index (χ0v) is 15.2. The first kappa shape index (κ1) is 19.4. The predicted molar refractivity (Wildman–Crippen MR) is 85.6 cm³/mol. The smallest absolute Gasteiger partial charge is 0.378 e. The van der Waals surface area contributed by atoms with Crippen LogP contribution in [0.25, 0.3) is 0 Å². The minimum Gasteiger partial charge on any atom is -0.378 e. The van der Waals surface area contributed by atoms with Crippen molar-refractivity contribution in [2.75, 3.05) is 26.3 Å². The van der Waals surface area contributed by atoms with Crippen LogP contribution in [0.4, 0.5) is 13.2 Å². The van der Waals surface area contributed by atoms with Gasteiger partial charge >= 0.3 is 6.18 Å². The molecule has 2 atom stereocenters. The average molecular weight is 385 g/mol. The molecule has 0 aromatic carbocycles. The fourth-order valence-corrected chi connectivity index (χ4v) is 6.43. The van der Waals surface area contributed by atoms with E-state index in [1.165, 1.54) is 4.31 Å². The molecule has 2 saturated heterocycles. The van der Waals surface area contributed by atoms with Crippen molar-refractivity contribution in [1.82, 2.24) is 4.31 Å². The van der Waals surface area contributed by atoms with Crippen molar-refractivity contribution in [2.24, 2.45) is 5.92 Å². The first-order valence-electron chi connectivity index (χ1n) is 8.94. The first-order chi connectivity index (χ1) is 11.6. The summed E-state index contributed by atoms with van der Waals surface area (Å²) in [5.74, 6) is -1.37. The second-order valence-electron chi connectivity index (χ2n) is 7.62. The summed E-state index contributed by atoms with van der Waals surface area (Å²) in [6, 6.07) is 0. The Labute approximate surface area is 146 Å². The lowest BCUT2D eigenvalue weighted by Gasteiger charge is -2.47. The van der Waals surface area contributed by atoms with Crippen LogP contribution in [0, 0.1) is 5.92 Å². The fourth-order valence-electron chi connectivity index (χ4n) is 4.31. The van der Waals surface area contributed by atoms with Gasteiger partial charge in [-0.1, -0.05) is 0 Å². The second-order valence-corrected chi connectivity index (χ2v) is 9.83. The van der Waals surface area contributed by atoms with E-state index in [1.807, 2.05) is 6.92 Å². The molecule has 1 aliphatic carbocycles. The van der Waals surface area contributed by atoms with Gasteiger partial charge in [0, 0.05) is 19.7 Å². The van der Waals surface area contributed by atoms with E-state index in [9.17, 15) is 21.6 Å². The molecule has 0 unspecified atom stereocenters. The minimum atomic E-state index is -4.23. The van der Waals surface area contributed by atoms with Gasteiger partial charge in [-0.3, -0.25) is 0 Å². The molecule has 1 spiro atoms. The molecule has 0 N–H and O–H groups in total. The maximum atomic E-state index is 13.0. The Morgan fingerprint density at radius 2 is 1.84 bits per heavy atom. The molecule has 1 saturated carbocycles. The van der Waals surface area contributed by atoms with Crippen LogP contribution >= 0.6 is 0 Å². The van der Waals surface area contributed by atoms with Crippen LogP contribution in [0.1, 0.15) is 45.4 Å². The molecule has 3 rings (SSSR count). The molecular weight excluding hydrogens is 359 g/mol. The molecule has 0 aromatic heterocycles. The number of rotatable bonds is 2. The van der Waals surface area contributed by atoms with E-state index in [4.69, 9.17) is 9.47 Å². The molecule has 0 bridgehead atoms. The highest BCUT2D eigenvalue weighted by Crippen LogP contribution is 2.40. The van der Waals surface area contributed by atoms with Crippen molar-refractivity contribution in [3.63, 3.8) is 0 Å². The lowest BCUT2D eigenvalue weighted by molar-refractivity contribution is -0.184. The van der Waals surface area contributed by atoms with Gasteiger partial charge in [0.2, 0.25) is 10.0 Å². The van der Waals surface area contributed by atoms with Crippen molar-refractivity contribution < 1.29 is 31.1 Å². The molecular formula is C16H26F3NO4S. The summed E-state index contributed by atoms with van der Waals surface area (Å²) in [6.07, 6.45) is -3.00. The van der Waals surface area contributed by atoms with E-state index in [0.717, 1.165) is 12.8 Å². The van der Waals surface area contributed by atoms with Crippen LogP contribution in [0.3, 0.4) is 0 Å². The number of ether oxygens (including phenoxy) is 2. The zero-order valence-electron chi connectivity index (χ0n) is 14.4. The molecule has 0 radical (unpaired) electrons. The standard InChI is InChI=1S/C16H26F3NO4S/c1-12-9-20(10-15(24-12)7-2-8-23-11-15)25(21,22)14-5-3-13(4-6-14)16(17,18)19/h12-14H,2-11H2,1H3/t12-,13?,14?,15-/m0/s1. The van der Waals surface area contributed by atoms with E-state index < -0.39 is 33.0 Å².